The molecule has 0 saturated carbocycles. The zero-order chi connectivity index (χ0) is 17.7. The maximum absolute atomic E-state index is 11.8. The number of furan rings is 1. The monoisotopic (exact) mass is 391 g/mol. The topological polar surface area (TPSA) is 111 Å². The molecule has 0 saturated heterocycles. The highest BCUT2D eigenvalue weighted by atomic mass is 35.5. The van der Waals surface area contributed by atoms with Gasteiger partial charge >= 0.3 is 11.9 Å². The van der Waals surface area contributed by atoms with Crippen LogP contribution in [0.25, 0.3) is 0 Å². The number of carbonyl (C=O) groups is 3. The lowest BCUT2D eigenvalue weighted by Gasteiger charge is -2.08. The van der Waals surface area contributed by atoms with Crippen LogP contribution < -0.4 is 10.9 Å². The Balaban J connectivity index is 1.84. The van der Waals surface area contributed by atoms with Gasteiger partial charge in [-0.1, -0.05) is 34.8 Å². The van der Waals surface area contributed by atoms with Gasteiger partial charge in [-0.15, -0.1) is 0 Å². The van der Waals surface area contributed by atoms with Gasteiger partial charge in [-0.3, -0.25) is 20.4 Å². The zero-order valence-corrected chi connectivity index (χ0v) is 13.9. The number of ether oxygens (including phenoxy) is 1. The van der Waals surface area contributed by atoms with E-state index in [-0.39, 0.29) is 26.5 Å². The van der Waals surface area contributed by atoms with Crippen molar-refractivity contribution < 1.29 is 23.5 Å². The number of hydrogen-bond donors (Lipinski definition) is 2. The Labute approximate surface area is 150 Å². The first-order valence-electron chi connectivity index (χ1n) is 6.19. The molecule has 0 spiro atoms. The minimum atomic E-state index is -0.980. The fraction of sp³-hybridized carbons (Fsp3) is 0.0769. The predicted octanol–water partition coefficient (Wildman–Crippen LogP) is 2.25. The van der Waals surface area contributed by atoms with Gasteiger partial charge in [0.2, 0.25) is 0 Å². The SMILES string of the molecule is O=C(COC(=O)c1ncc(Cl)c(Cl)c1Cl)NNC(=O)c1ccco1. The minimum Gasteiger partial charge on any atom is -0.459 e. The number of aromatic nitrogens is 1. The van der Waals surface area contributed by atoms with Crippen molar-refractivity contribution >= 4 is 52.6 Å². The summed E-state index contributed by atoms with van der Waals surface area (Å²) in [5.74, 6) is -2.45. The quantitative estimate of drug-likeness (QED) is 0.610. The lowest BCUT2D eigenvalue weighted by Crippen LogP contribution is -2.43. The van der Waals surface area contributed by atoms with Gasteiger partial charge in [-0.25, -0.2) is 9.78 Å². The second-order valence-electron chi connectivity index (χ2n) is 4.14. The number of pyridine rings is 1. The molecule has 2 rings (SSSR count). The molecule has 2 amide bonds. The van der Waals surface area contributed by atoms with E-state index >= 15 is 0 Å². The van der Waals surface area contributed by atoms with Gasteiger partial charge < -0.3 is 9.15 Å². The molecule has 0 atom stereocenters. The summed E-state index contributed by atoms with van der Waals surface area (Å²) in [6, 6.07) is 2.91. The highest BCUT2D eigenvalue weighted by Gasteiger charge is 2.19. The van der Waals surface area contributed by atoms with Crippen LogP contribution in [0.15, 0.2) is 29.0 Å². The number of carbonyl (C=O) groups excluding carboxylic acids is 3. The molecule has 0 aliphatic heterocycles. The van der Waals surface area contributed by atoms with Crippen molar-refractivity contribution in [1.82, 2.24) is 15.8 Å². The molecule has 0 aliphatic carbocycles. The fourth-order valence-electron chi connectivity index (χ4n) is 1.42. The molecule has 0 aliphatic rings. The normalized spacial score (nSPS) is 10.1. The zero-order valence-electron chi connectivity index (χ0n) is 11.6. The maximum atomic E-state index is 11.8. The first-order valence-corrected chi connectivity index (χ1v) is 7.33. The molecule has 0 bridgehead atoms. The predicted molar refractivity (Wildman–Crippen MR) is 83.9 cm³/mol. The van der Waals surface area contributed by atoms with E-state index < -0.39 is 24.4 Å². The van der Waals surface area contributed by atoms with E-state index in [2.05, 4.69) is 10.4 Å². The van der Waals surface area contributed by atoms with Crippen LogP contribution in [0.3, 0.4) is 0 Å². The molecule has 2 heterocycles. The molecule has 0 fully saturated rings. The second-order valence-corrected chi connectivity index (χ2v) is 5.30. The van der Waals surface area contributed by atoms with Crippen molar-refractivity contribution in [3.63, 3.8) is 0 Å². The average molecular weight is 393 g/mol. The Morgan fingerprint density at radius 2 is 1.92 bits per heavy atom. The molecule has 2 N–H and O–H groups in total. The third-order valence-corrected chi connectivity index (χ3v) is 3.75. The van der Waals surface area contributed by atoms with Gasteiger partial charge in [0, 0.05) is 6.20 Å². The Bertz CT molecular complexity index is 779. The van der Waals surface area contributed by atoms with Crippen LogP contribution in [0.2, 0.25) is 15.1 Å². The van der Waals surface area contributed by atoms with E-state index in [9.17, 15) is 14.4 Å². The summed E-state index contributed by atoms with van der Waals surface area (Å²) in [5, 5.41) is -0.187. The van der Waals surface area contributed by atoms with E-state index in [1.54, 1.807) is 0 Å². The van der Waals surface area contributed by atoms with Gasteiger partial charge in [-0.2, -0.15) is 0 Å². The number of nitrogens with one attached hydrogen (secondary N) is 2. The largest absolute Gasteiger partial charge is 0.459 e. The summed E-state index contributed by atoms with van der Waals surface area (Å²) in [7, 11) is 0. The summed E-state index contributed by atoms with van der Waals surface area (Å²) in [4.78, 5) is 38.5. The molecule has 2 aromatic rings. The van der Waals surface area contributed by atoms with Crippen molar-refractivity contribution in [3.8, 4) is 0 Å². The number of nitrogens with zero attached hydrogens (tertiary/aromatic N) is 1. The first kappa shape index (κ1) is 18.1. The Kier molecular flexibility index (Phi) is 6.02. The van der Waals surface area contributed by atoms with Crippen LogP contribution >= 0.6 is 34.8 Å². The molecule has 0 aromatic carbocycles. The third-order valence-electron chi connectivity index (χ3n) is 2.51. The lowest BCUT2D eigenvalue weighted by atomic mass is 10.3. The van der Waals surface area contributed by atoms with Crippen LogP contribution in [-0.2, 0) is 9.53 Å². The number of hydrogen-bond acceptors (Lipinski definition) is 6. The summed E-state index contributed by atoms with van der Waals surface area (Å²) in [6.45, 7) is -0.685. The molecule has 126 valence electrons. The molecule has 8 nitrogen and oxygen atoms in total. The van der Waals surface area contributed by atoms with Crippen LogP contribution in [0.4, 0.5) is 0 Å². The molecule has 11 heteroatoms. The Morgan fingerprint density at radius 3 is 2.58 bits per heavy atom. The van der Waals surface area contributed by atoms with Crippen molar-refractivity contribution in [2.24, 2.45) is 0 Å². The molecule has 2 aromatic heterocycles. The van der Waals surface area contributed by atoms with Crippen molar-refractivity contribution in [2.75, 3.05) is 6.61 Å². The molecule has 0 radical (unpaired) electrons. The summed E-state index contributed by atoms with van der Waals surface area (Å²) in [5.41, 5.74) is 3.82. The second kappa shape index (κ2) is 8.00. The van der Waals surface area contributed by atoms with E-state index in [4.69, 9.17) is 44.0 Å². The van der Waals surface area contributed by atoms with Gasteiger partial charge in [0.25, 0.3) is 5.91 Å². The summed E-state index contributed by atoms with van der Waals surface area (Å²) < 4.78 is 9.54. The van der Waals surface area contributed by atoms with Gasteiger partial charge in [-0.05, 0) is 12.1 Å². The molecular weight excluding hydrogens is 385 g/mol. The van der Waals surface area contributed by atoms with E-state index in [1.807, 2.05) is 5.43 Å². The number of halogens is 3. The molecular formula is C13H8Cl3N3O5. The van der Waals surface area contributed by atoms with Crippen LogP contribution in [0, 0.1) is 0 Å². The Hall–Kier alpha value is -2.29. The number of amides is 2. The summed E-state index contributed by atoms with van der Waals surface area (Å²) >= 11 is 17.3. The minimum absolute atomic E-state index is 0.000849. The maximum Gasteiger partial charge on any atom is 0.359 e. The van der Waals surface area contributed by atoms with Crippen molar-refractivity contribution in [3.05, 3.63) is 51.1 Å². The summed E-state index contributed by atoms with van der Waals surface area (Å²) in [6.07, 6.45) is 2.42. The van der Waals surface area contributed by atoms with E-state index in [0.717, 1.165) is 6.20 Å². The highest BCUT2D eigenvalue weighted by molar-refractivity contribution is 6.48. The average Bonchev–Trinajstić information content (AvgIpc) is 3.10. The molecule has 24 heavy (non-hydrogen) atoms. The number of esters is 1. The fourth-order valence-corrected chi connectivity index (χ4v) is 1.97. The Morgan fingerprint density at radius 1 is 1.17 bits per heavy atom. The smallest absolute Gasteiger partial charge is 0.359 e. The van der Waals surface area contributed by atoms with Gasteiger partial charge in [0.15, 0.2) is 18.1 Å². The highest BCUT2D eigenvalue weighted by Crippen LogP contribution is 2.31. The standard InChI is InChI=1S/C13H8Cl3N3O5/c14-6-4-17-11(10(16)9(6)15)13(22)24-5-8(20)18-19-12(21)7-2-1-3-23-7/h1-4H,5H2,(H,18,20)(H,19,21). The van der Waals surface area contributed by atoms with Gasteiger partial charge in [0.1, 0.15) is 0 Å². The number of rotatable bonds is 4. The van der Waals surface area contributed by atoms with Crippen molar-refractivity contribution in [2.45, 2.75) is 0 Å². The molecule has 0 unspecified atom stereocenters. The number of hydrazine groups is 1. The van der Waals surface area contributed by atoms with Crippen LogP contribution in [0.1, 0.15) is 21.0 Å². The van der Waals surface area contributed by atoms with E-state index in [1.165, 1.54) is 18.4 Å². The van der Waals surface area contributed by atoms with Crippen LogP contribution in [-0.4, -0.2) is 29.4 Å². The van der Waals surface area contributed by atoms with E-state index in [0.29, 0.717) is 0 Å². The third kappa shape index (κ3) is 4.38. The lowest BCUT2D eigenvalue weighted by molar-refractivity contribution is -0.125. The van der Waals surface area contributed by atoms with Crippen molar-refractivity contribution in [1.29, 1.82) is 0 Å². The van der Waals surface area contributed by atoms with Gasteiger partial charge in [0.05, 0.1) is 21.3 Å². The first-order chi connectivity index (χ1) is 11.4. The van der Waals surface area contributed by atoms with Crippen LogP contribution in [0.5, 0.6) is 0 Å².